The summed E-state index contributed by atoms with van der Waals surface area (Å²) in [6.07, 6.45) is 3.55. The number of ether oxygens (including phenoxy) is 1. The fourth-order valence-electron chi connectivity index (χ4n) is 4.70. The Labute approximate surface area is 147 Å². The average Bonchev–Trinajstić information content (AvgIpc) is 2.99. The molecule has 132 valence electrons. The zero-order chi connectivity index (χ0) is 17.6. The maximum atomic E-state index is 12.6. The van der Waals surface area contributed by atoms with Crippen LogP contribution in [0, 0.1) is 0 Å². The number of ketones is 1. The molecule has 5 heteroatoms. The number of carbonyl (C=O) groups is 2. The Morgan fingerprint density at radius 1 is 1.28 bits per heavy atom. The van der Waals surface area contributed by atoms with Gasteiger partial charge in [-0.1, -0.05) is 31.5 Å². The third-order valence-electron chi connectivity index (χ3n) is 5.70. The van der Waals surface area contributed by atoms with Crippen LogP contribution in [0.5, 0.6) is 0 Å². The maximum absolute atomic E-state index is 12.6. The number of aromatic nitrogens is 1. The molecule has 0 amide bonds. The molecule has 5 nitrogen and oxygen atoms in total. The van der Waals surface area contributed by atoms with Gasteiger partial charge in [0.2, 0.25) is 0 Å². The van der Waals surface area contributed by atoms with E-state index in [2.05, 4.69) is 28.9 Å². The monoisotopic (exact) mass is 340 g/mol. The number of nitrogens with zero attached hydrogens (tertiary/aromatic N) is 1. The van der Waals surface area contributed by atoms with E-state index >= 15 is 0 Å². The summed E-state index contributed by atoms with van der Waals surface area (Å²) in [6, 6.07) is 7.90. The summed E-state index contributed by atoms with van der Waals surface area (Å²) >= 11 is 0. The number of carbonyl (C=O) groups excluding carboxylic acids is 2. The SMILES string of the molecule is CCC[C@@H]1CC(=O)C[C@@H]2c3[nH]c4ccccc4c3C[C@@H](C(=O)OC)N12. The van der Waals surface area contributed by atoms with Crippen molar-refractivity contribution in [2.75, 3.05) is 7.11 Å². The summed E-state index contributed by atoms with van der Waals surface area (Å²) in [5.74, 6) is 0.0891. The van der Waals surface area contributed by atoms with E-state index in [9.17, 15) is 9.59 Å². The lowest BCUT2D eigenvalue weighted by molar-refractivity contribution is -0.153. The fourth-order valence-corrected chi connectivity index (χ4v) is 4.70. The highest BCUT2D eigenvalue weighted by Crippen LogP contribution is 2.44. The van der Waals surface area contributed by atoms with E-state index < -0.39 is 0 Å². The van der Waals surface area contributed by atoms with Gasteiger partial charge < -0.3 is 9.72 Å². The highest BCUT2D eigenvalue weighted by atomic mass is 16.5. The third-order valence-corrected chi connectivity index (χ3v) is 5.70. The van der Waals surface area contributed by atoms with Gasteiger partial charge in [-0.15, -0.1) is 0 Å². The van der Waals surface area contributed by atoms with Gasteiger partial charge in [0, 0.05) is 41.9 Å². The number of esters is 1. The molecule has 4 rings (SSSR count). The van der Waals surface area contributed by atoms with E-state index in [1.807, 2.05) is 12.1 Å². The summed E-state index contributed by atoms with van der Waals surface area (Å²) in [4.78, 5) is 30.8. The lowest BCUT2D eigenvalue weighted by Crippen LogP contribution is -2.56. The number of Topliss-reactive ketones (excluding diaryl/α,β-unsaturated/α-hetero) is 1. The second-order valence-corrected chi connectivity index (χ2v) is 7.16. The van der Waals surface area contributed by atoms with Crippen LogP contribution in [0.4, 0.5) is 0 Å². The molecule has 0 saturated carbocycles. The predicted octanol–water partition coefficient (Wildman–Crippen LogP) is 3.14. The van der Waals surface area contributed by atoms with Crippen molar-refractivity contribution in [1.82, 2.24) is 9.88 Å². The smallest absolute Gasteiger partial charge is 0.323 e. The molecule has 1 aromatic carbocycles. The molecular formula is C20H24N2O3. The summed E-state index contributed by atoms with van der Waals surface area (Å²) in [6.45, 7) is 2.12. The summed E-state index contributed by atoms with van der Waals surface area (Å²) in [5, 5.41) is 1.15. The molecule has 2 aliphatic heterocycles. The molecule has 0 unspecified atom stereocenters. The zero-order valence-corrected chi connectivity index (χ0v) is 14.7. The lowest BCUT2D eigenvalue weighted by Gasteiger charge is -2.47. The van der Waals surface area contributed by atoms with Crippen molar-refractivity contribution in [2.24, 2.45) is 0 Å². The van der Waals surface area contributed by atoms with Gasteiger partial charge in [-0.2, -0.15) is 0 Å². The summed E-state index contributed by atoms with van der Waals surface area (Å²) in [7, 11) is 1.45. The van der Waals surface area contributed by atoms with Crippen LogP contribution in [-0.2, 0) is 20.7 Å². The van der Waals surface area contributed by atoms with Crippen molar-refractivity contribution in [3.63, 3.8) is 0 Å². The molecule has 2 aromatic rings. The van der Waals surface area contributed by atoms with Crippen LogP contribution >= 0.6 is 0 Å². The second kappa shape index (κ2) is 6.30. The van der Waals surface area contributed by atoms with Crippen molar-refractivity contribution in [3.8, 4) is 0 Å². The number of hydrogen-bond donors (Lipinski definition) is 1. The number of piperidine rings is 1. The van der Waals surface area contributed by atoms with Crippen LogP contribution in [-0.4, -0.2) is 40.8 Å². The molecule has 1 fully saturated rings. The normalized spacial score (nSPS) is 26.3. The number of H-pyrrole nitrogens is 1. The van der Waals surface area contributed by atoms with E-state index in [0.717, 1.165) is 35.0 Å². The highest BCUT2D eigenvalue weighted by Gasteiger charge is 2.47. The van der Waals surface area contributed by atoms with Crippen LogP contribution in [0.3, 0.4) is 0 Å². The number of hydrogen-bond acceptors (Lipinski definition) is 4. The molecule has 3 atom stereocenters. The Morgan fingerprint density at radius 2 is 2.08 bits per heavy atom. The fraction of sp³-hybridized carbons (Fsp3) is 0.500. The first-order valence-corrected chi connectivity index (χ1v) is 9.10. The van der Waals surface area contributed by atoms with Crippen molar-refractivity contribution in [3.05, 3.63) is 35.5 Å². The lowest BCUT2D eigenvalue weighted by atomic mass is 9.82. The maximum Gasteiger partial charge on any atom is 0.323 e. The molecule has 1 N–H and O–H groups in total. The van der Waals surface area contributed by atoms with Gasteiger partial charge in [0.1, 0.15) is 11.8 Å². The second-order valence-electron chi connectivity index (χ2n) is 7.16. The minimum absolute atomic E-state index is 0.0574. The van der Waals surface area contributed by atoms with Gasteiger partial charge in [0.15, 0.2) is 0 Å². The van der Waals surface area contributed by atoms with Crippen molar-refractivity contribution < 1.29 is 14.3 Å². The first kappa shape index (κ1) is 16.3. The van der Waals surface area contributed by atoms with E-state index in [-0.39, 0.29) is 29.9 Å². The molecular weight excluding hydrogens is 316 g/mol. The summed E-state index contributed by atoms with van der Waals surface area (Å²) < 4.78 is 5.12. The molecule has 1 aromatic heterocycles. The molecule has 0 aliphatic carbocycles. The number of benzene rings is 1. The first-order chi connectivity index (χ1) is 12.1. The predicted molar refractivity (Wildman–Crippen MR) is 95.3 cm³/mol. The summed E-state index contributed by atoms with van der Waals surface area (Å²) in [5.41, 5.74) is 3.34. The van der Waals surface area contributed by atoms with Crippen LogP contribution in [0.25, 0.3) is 10.9 Å². The number of nitrogens with one attached hydrogen (secondary N) is 1. The van der Waals surface area contributed by atoms with E-state index in [1.54, 1.807) is 0 Å². The number of para-hydroxylation sites is 1. The Kier molecular flexibility index (Phi) is 4.12. The van der Waals surface area contributed by atoms with Crippen LogP contribution in [0.1, 0.15) is 49.9 Å². The Morgan fingerprint density at radius 3 is 2.84 bits per heavy atom. The molecule has 25 heavy (non-hydrogen) atoms. The van der Waals surface area contributed by atoms with Crippen LogP contribution in [0.2, 0.25) is 0 Å². The van der Waals surface area contributed by atoms with E-state index in [1.165, 1.54) is 7.11 Å². The van der Waals surface area contributed by atoms with Gasteiger partial charge in [-0.3, -0.25) is 14.5 Å². The average molecular weight is 340 g/mol. The topological polar surface area (TPSA) is 62.4 Å². The largest absolute Gasteiger partial charge is 0.468 e. The quantitative estimate of drug-likeness (QED) is 0.872. The Hall–Kier alpha value is -2.14. The molecule has 0 bridgehead atoms. The Bertz CT molecular complexity index is 825. The number of aromatic amines is 1. The van der Waals surface area contributed by atoms with Crippen LogP contribution < -0.4 is 0 Å². The van der Waals surface area contributed by atoms with Crippen molar-refractivity contribution >= 4 is 22.7 Å². The number of rotatable bonds is 3. The van der Waals surface area contributed by atoms with Crippen LogP contribution in [0.15, 0.2) is 24.3 Å². The van der Waals surface area contributed by atoms with Crippen molar-refractivity contribution in [2.45, 2.75) is 57.2 Å². The molecule has 0 radical (unpaired) electrons. The minimum Gasteiger partial charge on any atom is -0.468 e. The minimum atomic E-state index is -0.314. The van der Waals surface area contributed by atoms with Gasteiger partial charge >= 0.3 is 5.97 Å². The molecule has 1 saturated heterocycles. The molecule has 3 heterocycles. The first-order valence-electron chi connectivity index (χ1n) is 9.10. The molecule has 2 aliphatic rings. The van der Waals surface area contributed by atoms with Gasteiger partial charge in [0.25, 0.3) is 0 Å². The zero-order valence-electron chi connectivity index (χ0n) is 14.7. The standard InChI is InChI=1S/C20H24N2O3/c1-3-6-12-9-13(23)10-17-19-15(11-18(22(12)17)20(24)25-2)14-7-4-5-8-16(14)21-19/h4-5,7-8,12,17-18,21H,3,6,9-11H2,1-2H3/t12-,17-,18+/m1/s1. The highest BCUT2D eigenvalue weighted by molar-refractivity contribution is 5.88. The molecule has 0 spiro atoms. The van der Waals surface area contributed by atoms with E-state index in [0.29, 0.717) is 19.3 Å². The van der Waals surface area contributed by atoms with Gasteiger partial charge in [-0.25, -0.2) is 0 Å². The Balaban J connectivity index is 1.86. The number of methoxy groups -OCH3 is 1. The van der Waals surface area contributed by atoms with Crippen molar-refractivity contribution in [1.29, 1.82) is 0 Å². The third kappa shape index (κ3) is 2.58. The number of fused-ring (bicyclic) bond motifs is 5. The van der Waals surface area contributed by atoms with Gasteiger partial charge in [0.05, 0.1) is 13.2 Å². The van der Waals surface area contributed by atoms with Gasteiger partial charge in [-0.05, 0) is 18.1 Å². The van der Waals surface area contributed by atoms with E-state index in [4.69, 9.17) is 4.74 Å².